The Morgan fingerprint density at radius 2 is 2.33 bits per heavy atom. The zero-order valence-electron chi connectivity index (χ0n) is 6.44. The topological polar surface area (TPSA) is 64.1 Å². The largest absolute Gasteiger partial charge is 0.459 e. The van der Waals surface area contributed by atoms with Crippen molar-refractivity contribution >= 4 is 6.01 Å². The molecule has 0 fully saturated rings. The second kappa shape index (κ2) is 2.69. The number of hydrogen-bond donors (Lipinski definition) is 1. The average Bonchev–Trinajstić information content (AvgIpc) is 2.75. The molecule has 62 valence electrons. The molecule has 0 spiro atoms. The Kier molecular flexibility index (Phi) is 1.55. The van der Waals surface area contributed by atoms with E-state index in [2.05, 4.69) is 15.5 Å². The summed E-state index contributed by atoms with van der Waals surface area (Å²) in [5, 5.41) is 10.2. The van der Waals surface area contributed by atoms with Crippen LogP contribution in [-0.2, 0) is 0 Å². The van der Waals surface area contributed by atoms with Crippen LogP contribution in [0.1, 0.15) is 0 Å². The van der Waals surface area contributed by atoms with Gasteiger partial charge in [0, 0.05) is 7.05 Å². The van der Waals surface area contributed by atoms with Crippen molar-refractivity contribution in [3.05, 3.63) is 18.4 Å². The maximum Gasteiger partial charge on any atom is 0.315 e. The number of nitrogens with one attached hydrogen (secondary N) is 1. The first-order valence-corrected chi connectivity index (χ1v) is 3.45. The van der Waals surface area contributed by atoms with Crippen molar-refractivity contribution in [1.82, 2.24) is 10.2 Å². The third kappa shape index (κ3) is 1.05. The van der Waals surface area contributed by atoms with Gasteiger partial charge in [0.25, 0.3) is 5.89 Å². The van der Waals surface area contributed by atoms with Crippen LogP contribution in [0.3, 0.4) is 0 Å². The lowest BCUT2D eigenvalue weighted by Gasteiger charge is -1.86. The fourth-order valence-electron chi connectivity index (χ4n) is 0.824. The van der Waals surface area contributed by atoms with Crippen molar-refractivity contribution in [1.29, 1.82) is 0 Å². The van der Waals surface area contributed by atoms with Crippen molar-refractivity contribution in [2.24, 2.45) is 0 Å². The van der Waals surface area contributed by atoms with Crippen LogP contribution in [-0.4, -0.2) is 17.2 Å². The fraction of sp³-hybridized carbons (Fsp3) is 0.143. The monoisotopic (exact) mass is 165 g/mol. The molecule has 2 heterocycles. The van der Waals surface area contributed by atoms with E-state index < -0.39 is 0 Å². The summed E-state index contributed by atoms with van der Waals surface area (Å²) in [6.07, 6.45) is 1.55. The molecule has 5 heteroatoms. The van der Waals surface area contributed by atoms with Crippen LogP contribution in [0.2, 0.25) is 0 Å². The summed E-state index contributed by atoms with van der Waals surface area (Å²) in [6.45, 7) is 0. The molecule has 2 aromatic rings. The first kappa shape index (κ1) is 6.90. The van der Waals surface area contributed by atoms with E-state index >= 15 is 0 Å². The lowest BCUT2D eigenvalue weighted by molar-refractivity contribution is 0.524. The van der Waals surface area contributed by atoms with Crippen LogP contribution in [0.5, 0.6) is 0 Å². The maximum absolute atomic E-state index is 5.15. The van der Waals surface area contributed by atoms with E-state index in [9.17, 15) is 0 Å². The molecule has 2 rings (SSSR count). The standard InChI is InChI=1S/C7H7N3O2/c1-8-7-10-9-6(12-7)5-3-2-4-11-5/h2-4H,1H3,(H,8,10). The number of nitrogens with zero attached hydrogens (tertiary/aromatic N) is 2. The van der Waals surface area contributed by atoms with E-state index in [1.54, 1.807) is 25.4 Å². The summed E-state index contributed by atoms with van der Waals surface area (Å²) >= 11 is 0. The summed E-state index contributed by atoms with van der Waals surface area (Å²) in [7, 11) is 1.71. The number of anilines is 1. The van der Waals surface area contributed by atoms with Gasteiger partial charge in [0.05, 0.1) is 6.26 Å². The van der Waals surface area contributed by atoms with Crippen molar-refractivity contribution in [3.63, 3.8) is 0 Å². The van der Waals surface area contributed by atoms with Gasteiger partial charge < -0.3 is 14.2 Å². The normalized spacial score (nSPS) is 10.1. The molecule has 0 unspecified atom stereocenters. The zero-order valence-corrected chi connectivity index (χ0v) is 6.44. The predicted octanol–water partition coefficient (Wildman–Crippen LogP) is 1.37. The summed E-state index contributed by atoms with van der Waals surface area (Å²) in [5.41, 5.74) is 0. The summed E-state index contributed by atoms with van der Waals surface area (Å²) in [6, 6.07) is 3.90. The Morgan fingerprint density at radius 1 is 1.42 bits per heavy atom. The third-order valence-corrected chi connectivity index (χ3v) is 1.37. The smallest absolute Gasteiger partial charge is 0.315 e. The summed E-state index contributed by atoms with van der Waals surface area (Å²) in [4.78, 5) is 0. The Morgan fingerprint density at radius 3 is 2.92 bits per heavy atom. The summed E-state index contributed by atoms with van der Waals surface area (Å²) < 4.78 is 10.2. The number of hydrogen-bond acceptors (Lipinski definition) is 5. The minimum atomic E-state index is 0.376. The highest BCUT2D eigenvalue weighted by Crippen LogP contribution is 2.19. The highest BCUT2D eigenvalue weighted by Gasteiger charge is 2.08. The van der Waals surface area contributed by atoms with Gasteiger partial charge in [-0.15, -0.1) is 5.10 Å². The average molecular weight is 165 g/mol. The molecule has 0 aliphatic carbocycles. The molecule has 0 saturated carbocycles. The molecule has 0 atom stereocenters. The van der Waals surface area contributed by atoms with Crippen LogP contribution in [0, 0.1) is 0 Å². The van der Waals surface area contributed by atoms with Gasteiger partial charge in [0.2, 0.25) is 0 Å². The van der Waals surface area contributed by atoms with Gasteiger partial charge in [0.15, 0.2) is 5.76 Å². The summed E-state index contributed by atoms with van der Waals surface area (Å²) in [5.74, 6) is 0.952. The Balaban J connectivity index is 2.35. The Labute approximate surface area is 68.4 Å². The molecular weight excluding hydrogens is 158 g/mol. The molecule has 0 bridgehead atoms. The first-order chi connectivity index (χ1) is 5.90. The number of aromatic nitrogens is 2. The van der Waals surface area contributed by atoms with Crippen molar-refractivity contribution in [3.8, 4) is 11.7 Å². The first-order valence-electron chi connectivity index (χ1n) is 3.45. The Bertz CT molecular complexity index is 352. The van der Waals surface area contributed by atoms with Crippen LogP contribution in [0.25, 0.3) is 11.7 Å². The van der Waals surface area contributed by atoms with Crippen LogP contribution in [0.15, 0.2) is 27.2 Å². The minimum Gasteiger partial charge on any atom is -0.459 e. The number of rotatable bonds is 2. The molecule has 2 aromatic heterocycles. The molecule has 0 aromatic carbocycles. The van der Waals surface area contributed by atoms with Crippen LogP contribution < -0.4 is 5.32 Å². The molecule has 0 amide bonds. The van der Waals surface area contributed by atoms with Crippen LogP contribution >= 0.6 is 0 Å². The molecule has 0 radical (unpaired) electrons. The highest BCUT2D eigenvalue weighted by atomic mass is 16.4. The molecule has 0 aliphatic rings. The SMILES string of the molecule is CNc1nnc(-c2ccco2)o1. The second-order valence-electron chi connectivity index (χ2n) is 2.14. The molecule has 12 heavy (non-hydrogen) atoms. The van der Waals surface area contributed by atoms with Crippen molar-refractivity contribution < 1.29 is 8.83 Å². The van der Waals surface area contributed by atoms with Gasteiger partial charge in [-0.2, -0.15) is 0 Å². The van der Waals surface area contributed by atoms with Gasteiger partial charge in [-0.05, 0) is 12.1 Å². The quantitative estimate of drug-likeness (QED) is 0.728. The third-order valence-electron chi connectivity index (χ3n) is 1.37. The lowest BCUT2D eigenvalue weighted by Crippen LogP contribution is -1.85. The van der Waals surface area contributed by atoms with Gasteiger partial charge in [0.1, 0.15) is 0 Å². The van der Waals surface area contributed by atoms with E-state index in [0.29, 0.717) is 17.7 Å². The Hall–Kier alpha value is -1.78. The molecule has 5 nitrogen and oxygen atoms in total. The minimum absolute atomic E-state index is 0.376. The van der Waals surface area contributed by atoms with E-state index in [-0.39, 0.29) is 0 Å². The maximum atomic E-state index is 5.15. The van der Waals surface area contributed by atoms with E-state index in [1.807, 2.05) is 0 Å². The second-order valence-corrected chi connectivity index (χ2v) is 2.14. The fourth-order valence-corrected chi connectivity index (χ4v) is 0.824. The van der Waals surface area contributed by atoms with Gasteiger partial charge in [-0.3, -0.25) is 0 Å². The van der Waals surface area contributed by atoms with Crippen molar-refractivity contribution in [2.45, 2.75) is 0 Å². The van der Waals surface area contributed by atoms with Gasteiger partial charge in [-0.1, -0.05) is 5.10 Å². The zero-order chi connectivity index (χ0) is 8.39. The van der Waals surface area contributed by atoms with Crippen LogP contribution in [0.4, 0.5) is 6.01 Å². The van der Waals surface area contributed by atoms with E-state index in [4.69, 9.17) is 8.83 Å². The van der Waals surface area contributed by atoms with E-state index in [0.717, 1.165) is 0 Å². The van der Waals surface area contributed by atoms with Gasteiger partial charge in [-0.25, -0.2) is 0 Å². The highest BCUT2D eigenvalue weighted by molar-refractivity contribution is 5.44. The predicted molar refractivity (Wildman–Crippen MR) is 41.5 cm³/mol. The molecular formula is C7H7N3O2. The lowest BCUT2D eigenvalue weighted by atomic mass is 10.5. The van der Waals surface area contributed by atoms with Crippen molar-refractivity contribution in [2.75, 3.05) is 12.4 Å². The van der Waals surface area contributed by atoms with E-state index in [1.165, 1.54) is 0 Å². The molecule has 0 aliphatic heterocycles. The molecule has 1 N–H and O–H groups in total. The van der Waals surface area contributed by atoms with Gasteiger partial charge >= 0.3 is 6.01 Å². The molecule has 0 saturated heterocycles. The number of furan rings is 1.